The molecule has 146 valence electrons. The molecule has 3 rings (SSSR count). The van der Waals surface area contributed by atoms with E-state index in [4.69, 9.17) is 5.26 Å². The van der Waals surface area contributed by atoms with Crippen LogP contribution >= 0.6 is 0 Å². The fraction of sp³-hybridized carbons (Fsp3) is 0.316. The Morgan fingerprint density at radius 3 is 2.14 bits per heavy atom. The van der Waals surface area contributed by atoms with Gasteiger partial charge < -0.3 is 4.90 Å². The molecule has 0 saturated carbocycles. The van der Waals surface area contributed by atoms with Crippen LogP contribution in [0.15, 0.2) is 53.4 Å². The normalized spacial score (nSPS) is 15.8. The van der Waals surface area contributed by atoms with E-state index in [9.17, 15) is 18.5 Å². The maximum Gasteiger partial charge on any atom is 0.269 e. The lowest BCUT2D eigenvalue weighted by atomic mass is 10.1. The van der Waals surface area contributed by atoms with Gasteiger partial charge in [-0.15, -0.1) is 0 Å². The van der Waals surface area contributed by atoms with Gasteiger partial charge in [-0.05, 0) is 36.2 Å². The van der Waals surface area contributed by atoms with Gasteiger partial charge in [-0.3, -0.25) is 10.1 Å². The molecule has 0 atom stereocenters. The molecule has 0 bridgehead atoms. The van der Waals surface area contributed by atoms with E-state index in [0.717, 1.165) is 18.5 Å². The highest BCUT2D eigenvalue weighted by atomic mass is 32.2. The van der Waals surface area contributed by atoms with E-state index in [-0.39, 0.29) is 10.6 Å². The molecular formula is C19H20N4O4S. The van der Waals surface area contributed by atoms with E-state index < -0.39 is 14.9 Å². The molecule has 0 amide bonds. The average molecular weight is 400 g/mol. The highest BCUT2D eigenvalue weighted by Crippen LogP contribution is 2.19. The molecule has 0 unspecified atom stereocenters. The molecule has 2 aromatic rings. The van der Waals surface area contributed by atoms with E-state index in [0.29, 0.717) is 31.7 Å². The summed E-state index contributed by atoms with van der Waals surface area (Å²) in [4.78, 5) is 12.7. The van der Waals surface area contributed by atoms with Crippen molar-refractivity contribution in [3.05, 3.63) is 69.8 Å². The molecule has 0 N–H and O–H groups in total. The van der Waals surface area contributed by atoms with Crippen molar-refractivity contribution in [3.8, 4) is 6.07 Å². The van der Waals surface area contributed by atoms with Gasteiger partial charge in [-0.1, -0.05) is 12.1 Å². The fourth-order valence-corrected chi connectivity index (χ4v) is 4.54. The molecule has 2 aromatic carbocycles. The minimum Gasteiger partial charge on any atom is -0.300 e. The molecule has 28 heavy (non-hydrogen) atoms. The Hall–Kier alpha value is -2.80. The van der Waals surface area contributed by atoms with Crippen LogP contribution in [0.1, 0.15) is 11.1 Å². The summed E-state index contributed by atoms with van der Waals surface area (Å²) in [7, 11) is -3.56. The van der Waals surface area contributed by atoms with Crippen molar-refractivity contribution in [2.75, 3.05) is 32.7 Å². The second-order valence-corrected chi connectivity index (χ2v) is 8.49. The van der Waals surface area contributed by atoms with E-state index >= 15 is 0 Å². The van der Waals surface area contributed by atoms with Gasteiger partial charge in [0.05, 0.1) is 21.5 Å². The monoisotopic (exact) mass is 400 g/mol. The van der Waals surface area contributed by atoms with Gasteiger partial charge in [0, 0.05) is 44.9 Å². The fourth-order valence-electron chi connectivity index (χ4n) is 3.12. The van der Waals surface area contributed by atoms with E-state index in [1.807, 2.05) is 6.07 Å². The lowest BCUT2D eigenvalue weighted by Gasteiger charge is -2.34. The molecule has 0 radical (unpaired) electrons. The van der Waals surface area contributed by atoms with Crippen molar-refractivity contribution in [1.82, 2.24) is 9.21 Å². The Morgan fingerprint density at radius 2 is 1.61 bits per heavy atom. The van der Waals surface area contributed by atoms with Crippen molar-refractivity contribution in [3.63, 3.8) is 0 Å². The number of hydrogen-bond donors (Lipinski definition) is 0. The van der Waals surface area contributed by atoms with Crippen LogP contribution in [-0.2, 0) is 16.4 Å². The molecule has 8 nitrogen and oxygen atoms in total. The standard InChI is InChI=1S/C19H20N4O4S/c20-15-17-3-7-19(8-4-17)28(26,27)22-13-11-21(12-14-22)10-9-16-1-5-18(6-2-16)23(24)25/h1-8H,9-14H2. The van der Waals surface area contributed by atoms with Crippen LogP contribution in [-0.4, -0.2) is 55.3 Å². The number of nitro groups is 1. The summed E-state index contributed by atoms with van der Waals surface area (Å²) in [5.41, 5.74) is 1.51. The second kappa shape index (κ2) is 8.48. The lowest BCUT2D eigenvalue weighted by Crippen LogP contribution is -2.48. The third kappa shape index (κ3) is 4.54. The second-order valence-electron chi connectivity index (χ2n) is 6.56. The maximum atomic E-state index is 12.7. The molecule has 1 saturated heterocycles. The van der Waals surface area contributed by atoms with Gasteiger partial charge in [0.2, 0.25) is 10.0 Å². The van der Waals surface area contributed by atoms with Gasteiger partial charge in [-0.2, -0.15) is 9.57 Å². The summed E-state index contributed by atoms with van der Waals surface area (Å²) in [6.45, 7) is 2.83. The first-order chi connectivity index (χ1) is 13.4. The third-order valence-electron chi connectivity index (χ3n) is 4.82. The number of hydrogen-bond acceptors (Lipinski definition) is 6. The zero-order chi connectivity index (χ0) is 20.1. The lowest BCUT2D eigenvalue weighted by molar-refractivity contribution is -0.384. The van der Waals surface area contributed by atoms with Crippen LogP contribution in [0, 0.1) is 21.4 Å². The number of nitrogens with zero attached hydrogens (tertiary/aromatic N) is 4. The molecule has 0 spiro atoms. The van der Waals surface area contributed by atoms with Gasteiger partial charge in [0.15, 0.2) is 0 Å². The zero-order valence-electron chi connectivity index (χ0n) is 15.2. The van der Waals surface area contributed by atoms with Crippen LogP contribution in [0.5, 0.6) is 0 Å². The molecule has 9 heteroatoms. The van der Waals surface area contributed by atoms with Crippen LogP contribution < -0.4 is 0 Å². The number of sulfonamides is 1. The SMILES string of the molecule is N#Cc1ccc(S(=O)(=O)N2CCN(CCc3ccc([N+](=O)[O-])cc3)CC2)cc1. The van der Waals surface area contributed by atoms with Gasteiger partial charge >= 0.3 is 0 Å². The summed E-state index contributed by atoms with van der Waals surface area (Å²) in [5.74, 6) is 0. The summed E-state index contributed by atoms with van der Waals surface area (Å²) in [6.07, 6.45) is 0.750. The van der Waals surface area contributed by atoms with Gasteiger partial charge in [0.1, 0.15) is 0 Å². The van der Waals surface area contributed by atoms with Crippen molar-refractivity contribution in [2.45, 2.75) is 11.3 Å². The topological polar surface area (TPSA) is 108 Å². The van der Waals surface area contributed by atoms with Crippen molar-refractivity contribution in [2.24, 2.45) is 0 Å². The number of piperazine rings is 1. The van der Waals surface area contributed by atoms with Crippen LogP contribution in [0.3, 0.4) is 0 Å². The van der Waals surface area contributed by atoms with Crippen LogP contribution in [0.25, 0.3) is 0 Å². The number of non-ortho nitro benzene ring substituents is 1. The van der Waals surface area contributed by atoms with Crippen molar-refractivity contribution in [1.29, 1.82) is 5.26 Å². The summed E-state index contributed by atoms with van der Waals surface area (Å²) < 4.78 is 26.9. The first-order valence-electron chi connectivity index (χ1n) is 8.86. The first-order valence-corrected chi connectivity index (χ1v) is 10.3. The zero-order valence-corrected chi connectivity index (χ0v) is 16.0. The average Bonchev–Trinajstić information content (AvgIpc) is 2.73. The minimum absolute atomic E-state index is 0.0744. The Balaban J connectivity index is 1.53. The summed E-state index contributed by atoms with van der Waals surface area (Å²) >= 11 is 0. The third-order valence-corrected chi connectivity index (χ3v) is 6.73. The predicted molar refractivity (Wildman–Crippen MR) is 103 cm³/mol. The highest BCUT2D eigenvalue weighted by Gasteiger charge is 2.28. The van der Waals surface area contributed by atoms with E-state index in [2.05, 4.69) is 4.90 Å². The maximum absolute atomic E-state index is 12.7. The van der Waals surface area contributed by atoms with Crippen LogP contribution in [0.2, 0.25) is 0 Å². The minimum atomic E-state index is -3.56. The Morgan fingerprint density at radius 1 is 1.00 bits per heavy atom. The van der Waals surface area contributed by atoms with Gasteiger partial charge in [0.25, 0.3) is 5.69 Å². The first kappa shape index (κ1) is 19.9. The van der Waals surface area contributed by atoms with E-state index in [1.54, 1.807) is 12.1 Å². The Labute approximate surface area is 163 Å². The molecule has 1 aliphatic heterocycles. The number of nitriles is 1. The molecular weight excluding hydrogens is 380 g/mol. The highest BCUT2D eigenvalue weighted by molar-refractivity contribution is 7.89. The van der Waals surface area contributed by atoms with E-state index in [1.165, 1.54) is 40.7 Å². The molecule has 1 fully saturated rings. The summed E-state index contributed by atoms with van der Waals surface area (Å²) in [5, 5.41) is 19.5. The van der Waals surface area contributed by atoms with Crippen LogP contribution in [0.4, 0.5) is 5.69 Å². The predicted octanol–water partition coefficient (Wildman–Crippen LogP) is 2.02. The molecule has 0 aliphatic carbocycles. The number of nitro benzene ring substituents is 1. The smallest absolute Gasteiger partial charge is 0.269 e. The summed E-state index contributed by atoms with van der Waals surface area (Å²) in [6, 6.07) is 14.4. The number of rotatable bonds is 6. The quantitative estimate of drug-likeness (QED) is 0.542. The van der Waals surface area contributed by atoms with Crippen molar-refractivity contribution >= 4 is 15.7 Å². The Bertz CT molecular complexity index is 974. The van der Waals surface area contributed by atoms with Crippen molar-refractivity contribution < 1.29 is 13.3 Å². The largest absolute Gasteiger partial charge is 0.300 e. The van der Waals surface area contributed by atoms with Gasteiger partial charge in [-0.25, -0.2) is 8.42 Å². The number of benzene rings is 2. The molecule has 0 aromatic heterocycles. The Kier molecular flexibility index (Phi) is 6.04. The molecule has 1 aliphatic rings. The molecule has 1 heterocycles.